The van der Waals surface area contributed by atoms with E-state index in [0.29, 0.717) is 19.3 Å². The van der Waals surface area contributed by atoms with Crippen molar-refractivity contribution in [2.45, 2.75) is 51.6 Å². The number of hydrogen-bond donors (Lipinski definition) is 2. The molecule has 0 saturated heterocycles. The Balaban J connectivity index is 1.54. The Hall–Kier alpha value is -2.24. The molecule has 154 valence electrons. The fourth-order valence-electron chi connectivity index (χ4n) is 4.04. The van der Waals surface area contributed by atoms with Crippen LogP contribution in [0.1, 0.15) is 56.4 Å². The number of allylic oxidation sites excluding steroid dienone is 4. The number of aliphatic hydroxyl groups excluding tert-OH is 1. The van der Waals surface area contributed by atoms with Gasteiger partial charge in [-0.25, -0.2) is 0 Å². The Morgan fingerprint density at radius 3 is 2.79 bits per heavy atom. The van der Waals surface area contributed by atoms with E-state index in [-0.39, 0.29) is 24.0 Å². The Morgan fingerprint density at radius 1 is 1.24 bits per heavy atom. The number of carboxylic acid groups (broad SMARTS) is 1. The molecular formula is C24H28O4S. The number of unbranched alkanes of at least 4 members (excludes halogenated alkanes) is 1. The summed E-state index contributed by atoms with van der Waals surface area (Å²) in [6.45, 7) is 2.00. The molecular weight excluding hydrogens is 384 g/mol. The van der Waals surface area contributed by atoms with Crippen LogP contribution in [0.25, 0.3) is 10.1 Å². The van der Waals surface area contributed by atoms with E-state index in [4.69, 9.17) is 5.11 Å². The van der Waals surface area contributed by atoms with Crippen LogP contribution >= 0.6 is 11.3 Å². The highest BCUT2D eigenvalue weighted by Crippen LogP contribution is 2.38. The first-order valence-corrected chi connectivity index (χ1v) is 11.0. The van der Waals surface area contributed by atoms with Crippen LogP contribution in [0.2, 0.25) is 0 Å². The van der Waals surface area contributed by atoms with E-state index in [1.165, 1.54) is 4.70 Å². The molecule has 1 unspecified atom stereocenters. The Kier molecular flexibility index (Phi) is 7.40. The lowest BCUT2D eigenvalue weighted by molar-refractivity contribution is -0.137. The largest absolute Gasteiger partial charge is 0.481 e. The van der Waals surface area contributed by atoms with Crippen molar-refractivity contribution in [2.24, 2.45) is 11.8 Å². The molecule has 0 fully saturated rings. The van der Waals surface area contributed by atoms with E-state index in [9.17, 15) is 14.7 Å². The third-order valence-electron chi connectivity index (χ3n) is 5.65. The number of carbonyl (C=O) groups excluding carboxylic acids is 1. The first-order chi connectivity index (χ1) is 14.0. The molecule has 0 aliphatic heterocycles. The fraction of sp³-hybridized carbons (Fsp3) is 0.417. The van der Waals surface area contributed by atoms with Gasteiger partial charge in [0.2, 0.25) is 0 Å². The van der Waals surface area contributed by atoms with Crippen LogP contribution in [0.4, 0.5) is 0 Å². The van der Waals surface area contributed by atoms with Crippen molar-refractivity contribution in [3.8, 4) is 0 Å². The lowest BCUT2D eigenvalue weighted by atomic mass is 9.84. The Morgan fingerprint density at radius 2 is 2.03 bits per heavy atom. The molecule has 2 N–H and O–H groups in total. The van der Waals surface area contributed by atoms with Crippen LogP contribution in [0.5, 0.6) is 0 Å². The van der Waals surface area contributed by atoms with E-state index in [2.05, 4.69) is 18.2 Å². The van der Waals surface area contributed by atoms with E-state index in [1.54, 1.807) is 17.4 Å². The molecule has 1 aliphatic rings. The van der Waals surface area contributed by atoms with Gasteiger partial charge in [-0.2, -0.15) is 0 Å². The molecule has 2 aromatic rings. The summed E-state index contributed by atoms with van der Waals surface area (Å²) in [5.41, 5.74) is 1.10. The maximum absolute atomic E-state index is 12.4. The van der Waals surface area contributed by atoms with Gasteiger partial charge in [-0.3, -0.25) is 9.59 Å². The molecule has 0 bridgehead atoms. The smallest absolute Gasteiger partial charge is 0.303 e. The minimum Gasteiger partial charge on any atom is -0.481 e. The van der Waals surface area contributed by atoms with E-state index in [1.807, 2.05) is 31.2 Å². The quantitative estimate of drug-likeness (QED) is 0.389. The second kappa shape index (κ2) is 9.99. The van der Waals surface area contributed by atoms with E-state index >= 15 is 0 Å². The third-order valence-corrected chi connectivity index (χ3v) is 6.87. The number of thiophene rings is 1. The number of carboxylic acids is 1. The van der Waals surface area contributed by atoms with Crippen LogP contribution in [-0.2, 0) is 9.59 Å². The zero-order valence-corrected chi connectivity index (χ0v) is 17.5. The molecule has 0 amide bonds. The van der Waals surface area contributed by atoms with Crippen molar-refractivity contribution in [1.82, 2.24) is 0 Å². The second-order valence-electron chi connectivity index (χ2n) is 7.78. The highest BCUT2D eigenvalue weighted by atomic mass is 32.1. The summed E-state index contributed by atoms with van der Waals surface area (Å²) < 4.78 is 1.18. The molecule has 29 heavy (non-hydrogen) atoms. The SMILES string of the molecule is CC1=CC(=O)[C@H](CC=CCCCC(=O)O)[C@H]1CCC(O)c1cc2ccccc2s1. The molecule has 4 nitrogen and oxygen atoms in total. The zero-order valence-electron chi connectivity index (χ0n) is 16.7. The molecule has 3 atom stereocenters. The number of fused-ring (bicyclic) bond motifs is 1. The highest BCUT2D eigenvalue weighted by molar-refractivity contribution is 7.19. The number of hydrogen-bond acceptors (Lipinski definition) is 4. The van der Waals surface area contributed by atoms with Gasteiger partial charge in [0.25, 0.3) is 0 Å². The van der Waals surface area contributed by atoms with Crippen molar-refractivity contribution in [3.63, 3.8) is 0 Å². The number of aliphatic carboxylic acids is 1. The number of aliphatic hydroxyl groups is 1. The first-order valence-electron chi connectivity index (χ1n) is 10.2. The van der Waals surface area contributed by atoms with Gasteiger partial charge in [0, 0.05) is 21.9 Å². The average molecular weight is 413 g/mol. The van der Waals surface area contributed by atoms with Gasteiger partial charge in [0.05, 0.1) is 6.10 Å². The molecule has 3 rings (SSSR count). The minimum atomic E-state index is -0.776. The van der Waals surface area contributed by atoms with Crippen molar-refractivity contribution < 1.29 is 19.8 Å². The van der Waals surface area contributed by atoms with E-state index in [0.717, 1.165) is 28.7 Å². The van der Waals surface area contributed by atoms with Gasteiger partial charge in [0.15, 0.2) is 5.78 Å². The summed E-state index contributed by atoms with van der Waals surface area (Å²) in [5, 5.41) is 20.5. The summed E-state index contributed by atoms with van der Waals surface area (Å²) in [6.07, 6.45) is 8.81. The monoisotopic (exact) mass is 412 g/mol. The third kappa shape index (κ3) is 5.64. The topological polar surface area (TPSA) is 74.6 Å². The van der Waals surface area contributed by atoms with Gasteiger partial charge in [0.1, 0.15) is 0 Å². The van der Waals surface area contributed by atoms with Crippen LogP contribution in [-0.4, -0.2) is 22.0 Å². The van der Waals surface area contributed by atoms with Gasteiger partial charge in [-0.1, -0.05) is 35.9 Å². The maximum Gasteiger partial charge on any atom is 0.303 e. The Labute approximate surface area is 175 Å². The zero-order chi connectivity index (χ0) is 20.8. The van der Waals surface area contributed by atoms with Gasteiger partial charge in [-0.05, 0) is 68.5 Å². The van der Waals surface area contributed by atoms with Crippen molar-refractivity contribution in [1.29, 1.82) is 0 Å². The number of ketones is 1. The van der Waals surface area contributed by atoms with Gasteiger partial charge >= 0.3 is 5.97 Å². The predicted octanol–water partition coefficient (Wildman–Crippen LogP) is 5.68. The van der Waals surface area contributed by atoms with E-state index < -0.39 is 12.1 Å². The second-order valence-corrected chi connectivity index (χ2v) is 8.89. The summed E-state index contributed by atoms with van der Waals surface area (Å²) in [6, 6.07) is 10.2. The predicted molar refractivity (Wildman–Crippen MR) is 117 cm³/mol. The lowest BCUT2D eigenvalue weighted by Crippen LogP contribution is -2.17. The molecule has 1 aromatic carbocycles. The van der Waals surface area contributed by atoms with Crippen LogP contribution < -0.4 is 0 Å². The van der Waals surface area contributed by atoms with Crippen LogP contribution in [0, 0.1) is 11.8 Å². The summed E-state index contributed by atoms with van der Waals surface area (Å²) >= 11 is 1.63. The molecule has 1 heterocycles. The highest BCUT2D eigenvalue weighted by Gasteiger charge is 2.33. The first kappa shape index (κ1) is 21.5. The molecule has 1 aromatic heterocycles. The normalized spacial score (nSPS) is 20.5. The molecule has 0 spiro atoms. The summed E-state index contributed by atoms with van der Waals surface area (Å²) in [4.78, 5) is 23.9. The van der Waals surface area contributed by atoms with Crippen molar-refractivity contribution >= 4 is 33.2 Å². The molecule has 0 saturated carbocycles. The number of rotatable bonds is 10. The Bertz CT molecular complexity index is 891. The molecule has 5 heteroatoms. The fourth-order valence-corrected chi connectivity index (χ4v) is 5.13. The standard InChI is InChI=1S/C24H28O4S/c1-16-14-21(26)19(9-4-2-3-5-11-24(27)28)18(16)12-13-20(25)23-15-17-8-6-7-10-22(17)29-23/h2,4,6-8,10,14-15,18-20,25H,3,5,9,11-13H2,1H3,(H,27,28)/t18-,19+,20?/m0/s1. The van der Waals surface area contributed by atoms with Crippen molar-refractivity contribution in [2.75, 3.05) is 0 Å². The minimum absolute atomic E-state index is 0.0691. The number of benzene rings is 1. The lowest BCUT2D eigenvalue weighted by Gasteiger charge is -2.21. The molecule has 0 radical (unpaired) electrons. The van der Waals surface area contributed by atoms with Crippen molar-refractivity contribution in [3.05, 3.63) is 59.0 Å². The van der Waals surface area contributed by atoms with Crippen LogP contribution in [0.15, 0.2) is 54.1 Å². The molecule has 1 aliphatic carbocycles. The van der Waals surface area contributed by atoms with Crippen LogP contribution in [0.3, 0.4) is 0 Å². The van der Waals surface area contributed by atoms with Gasteiger partial charge < -0.3 is 10.2 Å². The summed E-state index contributed by atoms with van der Waals surface area (Å²) in [7, 11) is 0. The maximum atomic E-state index is 12.4. The summed E-state index contributed by atoms with van der Waals surface area (Å²) in [5.74, 6) is -0.518. The number of carbonyl (C=O) groups is 2. The van der Waals surface area contributed by atoms with Gasteiger partial charge in [-0.15, -0.1) is 11.3 Å². The average Bonchev–Trinajstić information content (AvgIpc) is 3.23.